The first-order chi connectivity index (χ1) is 8.54. The van der Waals surface area contributed by atoms with Gasteiger partial charge in [0.05, 0.1) is 12.8 Å². The van der Waals surface area contributed by atoms with Crippen LogP contribution >= 0.6 is 0 Å². The average Bonchev–Trinajstić information content (AvgIpc) is 2.65. The number of nitrogens with two attached hydrogens (primary N) is 2. The average molecular weight is 248 g/mol. The van der Waals surface area contributed by atoms with Crippen LogP contribution in [-0.2, 0) is 0 Å². The Kier molecular flexibility index (Phi) is 2.80. The molecular weight excluding hydrogens is 236 g/mol. The van der Waals surface area contributed by atoms with E-state index in [0.29, 0.717) is 11.4 Å². The number of aromatic carboxylic acids is 1. The van der Waals surface area contributed by atoms with Crippen molar-refractivity contribution in [2.45, 2.75) is 0 Å². The molecule has 0 aliphatic carbocycles. The molecule has 2 rings (SSSR count). The number of rotatable bonds is 3. The zero-order chi connectivity index (χ0) is 13.3. The minimum absolute atomic E-state index is 0.00910. The minimum atomic E-state index is -1.20. The third kappa shape index (κ3) is 1.81. The molecule has 0 aliphatic heterocycles. The van der Waals surface area contributed by atoms with Crippen molar-refractivity contribution >= 4 is 17.6 Å². The summed E-state index contributed by atoms with van der Waals surface area (Å²) >= 11 is 0. The number of carboxylic acid groups (broad SMARTS) is 1. The Bertz CT molecular complexity index is 589. The second kappa shape index (κ2) is 4.28. The Hall–Kier alpha value is -2.70. The van der Waals surface area contributed by atoms with Crippen LogP contribution in [0.1, 0.15) is 10.4 Å². The van der Waals surface area contributed by atoms with E-state index in [9.17, 15) is 4.79 Å². The van der Waals surface area contributed by atoms with Crippen LogP contribution in [0.15, 0.2) is 24.3 Å². The molecule has 0 spiro atoms. The molecule has 1 aromatic heterocycles. The van der Waals surface area contributed by atoms with Gasteiger partial charge in [-0.1, -0.05) is 0 Å². The minimum Gasteiger partial charge on any atom is -0.497 e. The molecule has 0 bridgehead atoms. The van der Waals surface area contributed by atoms with Crippen molar-refractivity contribution in [3.05, 3.63) is 29.8 Å². The van der Waals surface area contributed by atoms with Gasteiger partial charge in [0.1, 0.15) is 17.1 Å². The predicted molar refractivity (Wildman–Crippen MR) is 65.9 cm³/mol. The molecule has 7 nitrogen and oxygen atoms in total. The summed E-state index contributed by atoms with van der Waals surface area (Å²) in [5, 5.41) is 12.9. The zero-order valence-corrected chi connectivity index (χ0v) is 9.62. The number of ether oxygens (including phenoxy) is 1. The van der Waals surface area contributed by atoms with Crippen LogP contribution in [0.3, 0.4) is 0 Å². The number of methoxy groups -OCH3 is 1. The molecule has 0 saturated heterocycles. The van der Waals surface area contributed by atoms with Crippen LogP contribution in [-0.4, -0.2) is 28.0 Å². The molecule has 0 unspecified atom stereocenters. The van der Waals surface area contributed by atoms with Crippen molar-refractivity contribution in [3.63, 3.8) is 0 Å². The van der Waals surface area contributed by atoms with Gasteiger partial charge in [-0.3, -0.25) is 0 Å². The Morgan fingerprint density at radius 1 is 1.33 bits per heavy atom. The van der Waals surface area contributed by atoms with Gasteiger partial charge < -0.3 is 21.3 Å². The highest BCUT2D eigenvalue weighted by molar-refractivity contribution is 5.98. The Labute approximate surface area is 103 Å². The van der Waals surface area contributed by atoms with Crippen LogP contribution in [0.4, 0.5) is 11.6 Å². The van der Waals surface area contributed by atoms with Crippen molar-refractivity contribution in [2.24, 2.45) is 0 Å². The number of anilines is 2. The van der Waals surface area contributed by atoms with E-state index in [1.54, 1.807) is 31.4 Å². The van der Waals surface area contributed by atoms with E-state index in [1.165, 1.54) is 4.68 Å². The summed E-state index contributed by atoms with van der Waals surface area (Å²) in [5.41, 5.74) is 11.7. The molecule has 0 fully saturated rings. The highest BCUT2D eigenvalue weighted by atomic mass is 16.5. The fourth-order valence-electron chi connectivity index (χ4n) is 1.59. The van der Waals surface area contributed by atoms with Crippen molar-refractivity contribution in [1.29, 1.82) is 0 Å². The smallest absolute Gasteiger partial charge is 0.343 e. The molecule has 0 aliphatic rings. The van der Waals surface area contributed by atoms with E-state index in [0.717, 1.165) is 0 Å². The number of nitrogen functional groups attached to an aromatic ring is 2. The van der Waals surface area contributed by atoms with Gasteiger partial charge in [-0.15, -0.1) is 5.10 Å². The van der Waals surface area contributed by atoms with E-state index in [2.05, 4.69) is 5.10 Å². The zero-order valence-electron chi connectivity index (χ0n) is 9.62. The summed E-state index contributed by atoms with van der Waals surface area (Å²) in [7, 11) is 1.55. The van der Waals surface area contributed by atoms with Crippen LogP contribution in [0, 0.1) is 0 Å². The monoisotopic (exact) mass is 248 g/mol. The number of benzene rings is 1. The highest BCUT2D eigenvalue weighted by Crippen LogP contribution is 2.23. The molecule has 7 heteroatoms. The van der Waals surface area contributed by atoms with E-state index >= 15 is 0 Å². The topological polar surface area (TPSA) is 116 Å². The summed E-state index contributed by atoms with van der Waals surface area (Å²) in [6, 6.07) is 6.83. The van der Waals surface area contributed by atoms with Crippen molar-refractivity contribution in [2.75, 3.05) is 18.6 Å². The third-order valence-electron chi connectivity index (χ3n) is 2.48. The molecule has 18 heavy (non-hydrogen) atoms. The number of carbonyl (C=O) groups is 1. The van der Waals surface area contributed by atoms with Gasteiger partial charge in [-0.05, 0) is 24.3 Å². The summed E-state index contributed by atoms with van der Waals surface area (Å²) in [6.45, 7) is 0. The lowest BCUT2D eigenvalue weighted by molar-refractivity contribution is 0.0699. The molecule has 0 saturated carbocycles. The lowest BCUT2D eigenvalue weighted by atomic mass is 10.3. The lowest BCUT2D eigenvalue weighted by Crippen LogP contribution is -2.06. The maximum atomic E-state index is 11.0. The van der Waals surface area contributed by atoms with E-state index < -0.39 is 5.97 Å². The second-order valence-electron chi connectivity index (χ2n) is 3.56. The summed E-state index contributed by atoms with van der Waals surface area (Å²) in [6.07, 6.45) is 0. The summed E-state index contributed by atoms with van der Waals surface area (Å²) in [4.78, 5) is 11.0. The predicted octanol–water partition coefficient (Wildman–Crippen LogP) is 0.743. The van der Waals surface area contributed by atoms with E-state index in [-0.39, 0.29) is 17.2 Å². The van der Waals surface area contributed by atoms with Gasteiger partial charge in [0.25, 0.3) is 0 Å². The first-order valence-corrected chi connectivity index (χ1v) is 5.06. The molecule has 1 aromatic carbocycles. The van der Waals surface area contributed by atoms with E-state index in [1.807, 2.05) is 0 Å². The summed E-state index contributed by atoms with van der Waals surface area (Å²) < 4.78 is 6.30. The number of hydrogen-bond acceptors (Lipinski definition) is 5. The molecule has 0 amide bonds. The van der Waals surface area contributed by atoms with Crippen LogP contribution in [0.2, 0.25) is 0 Å². The SMILES string of the molecule is COc1ccc(-n2nc(N)c(C(=O)O)c2N)cc1. The van der Waals surface area contributed by atoms with Gasteiger partial charge in [0.2, 0.25) is 0 Å². The number of nitrogens with zero attached hydrogens (tertiary/aromatic N) is 2. The lowest BCUT2D eigenvalue weighted by Gasteiger charge is -2.05. The molecule has 0 atom stereocenters. The Morgan fingerprint density at radius 3 is 2.39 bits per heavy atom. The van der Waals surface area contributed by atoms with Gasteiger partial charge in [0, 0.05) is 0 Å². The van der Waals surface area contributed by atoms with Crippen LogP contribution in [0.25, 0.3) is 5.69 Å². The molecule has 1 heterocycles. The number of aromatic nitrogens is 2. The van der Waals surface area contributed by atoms with Gasteiger partial charge >= 0.3 is 5.97 Å². The van der Waals surface area contributed by atoms with Gasteiger partial charge in [0.15, 0.2) is 5.82 Å². The maximum Gasteiger partial charge on any atom is 0.343 e. The molecule has 94 valence electrons. The second-order valence-corrected chi connectivity index (χ2v) is 3.56. The molecular formula is C11H12N4O3. The van der Waals surface area contributed by atoms with Gasteiger partial charge in [-0.25, -0.2) is 9.48 Å². The highest BCUT2D eigenvalue weighted by Gasteiger charge is 2.20. The molecule has 5 N–H and O–H groups in total. The Morgan fingerprint density at radius 2 is 1.94 bits per heavy atom. The standard InChI is InChI=1S/C11H12N4O3/c1-18-7-4-2-6(3-5-7)15-10(13)8(11(16)17)9(12)14-15/h2-5H,13H2,1H3,(H2,12,14)(H,16,17). The fraction of sp³-hybridized carbons (Fsp3) is 0.0909. The Balaban J connectivity index is 2.50. The number of hydrogen-bond donors (Lipinski definition) is 3. The first kappa shape index (κ1) is 11.8. The van der Waals surface area contributed by atoms with Crippen molar-refractivity contribution in [1.82, 2.24) is 9.78 Å². The molecule has 0 radical (unpaired) electrons. The summed E-state index contributed by atoms with van der Waals surface area (Å²) in [5.74, 6) is -0.651. The number of carboxylic acids is 1. The quantitative estimate of drug-likeness (QED) is 0.737. The van der Waals surface area contributed by atoms with Crippen molar-refractivity contribution in [3.8, 4) is 11.4 Å². The van der Waals surface area contributed by atoms with Crippen LogP contribution in [0.5, 0.6) is 5.75 Å². The van der Waals surface area contributed by atoms with Crippen LogP contribution < -0.4 is 16.2 Å². The third-order valence-corrected chi connectivity index (χ3v) is 2.48. The van der Waals surface area contributed by atoms with E-state index in [4.69, 9.17) is 21.3 Å². The van der Waals surface area contributed by atoms with Crippen molar-refractivity contribution < 1.29 is 14.6 Å². The molecule has 2 aromatic rings. The maximum absolute atomic E-state index is 11.0. The van der Waals surface area contributed by atoms with Gasteiger partial charge in [-0.2, -0.15) is 0 Å². The first-order valence-electron chi connectivity index (χ1n) is 5.06. The fourth-order valence-corrected chi connectivity index (χ4v) is 1.59. The largest absolute Gasteiger partial charge is 0.497 e. The normalized spacial score (nSPS) is 10.3.